The highest BCUT2D eigenvalue weighted by atomic mass is 79.9. The maximum atomic E-state index is 9.49. The van der Waals surface area contributed by atoms with Crippen molar-refractivity contribution < 1.29 is 5.11 Å². The van der Waals surface area contributed by atoms with Gasteiger partial charge in [-0.25, -0.2) is 0 Å². The molecule has 0 saturated heterocycles. The predicted octanol–water partition coefficient (Wildman–Crippen LogP) is 3.68. The Morgan fingerprint density at radius 2 is 2.25 bits per heavy atom. The first-order chi connectivity index (χ1) is 5.70. The van der Waals surface area contributed by atoms with E-state index in [-0.39, 0.29) is 0 Å². The van der Waals surface area contributed by atoms with Gasteiger partial charge in [-0.15, -0.1) is 11.3 Å². The molecule has 2 aromatic rings. The molecule has 2 rings (SSSR count). The van der Waals surface area contributed by atoms with E-state index in [1.54, 1.807) is 17.4 Å². The number of fused-ring (bicyclic) bond motifs is 1. The summed E-state index contributed by atoms with van der Waals surface area (Å²) in [6.07, 6.45) is 0. The molecule has 1 heterocycles. The van der Waals surface area contributed by atoms with Gasteiger partial charge in [0.25, 0.3) is 0 Å². The molecule has 0 aliphatic carbocycles. The van der Waals surface area contributed by atoms with Crippen LogP contribution in [0.5, 0.6) is 5.75 Å². The van der Waals surface area contributed by atoms with Crippen LogP contribution in [0.15, 0.2) is 22.0 Å². The lowest BCUT2D eigenvalue weighted by Gasteiger charge is -2.02. The molecular formula is C9H7BrOS. The lowest BCUT2D eigenvalue weighted by Crippen LogP contribution is -1.76. The van der Waals surface area contributed by atoms with Crippen molar-refractivity contribution >= 4 is 37.4 Å². The van der Waals surface area contributed by atoms with Gasteiger partial charge >= 0.3 is 0 Å². The van der Waals surface area contributed by atoms with Gasteiger partial charge in [0, 0.05) is 14.7 Å². The smallest absolute Gasteiger partial charge is 0.120 e. The van der Waals surface area contributed by atoms with E-state index in [2.05, 4.69) is 15.9 Å². The summed E-state index contributed by atoms with van der Waals surface area (Å²) < 4.78 is 2.21. The van der Waals surface area contributed by atoms with Gasteiger partial charge in [-0.2, -0.15) is 0 Å². The number of benzene rings is 1. The van der Waals surface area contributed by atoms with Gasteiger partial charge in [0.05, 0.1) is 0 Å². The van der Waals surface area contributed by atoms with Crippen LogP contribution >= 0.6 is 27.3 Å². The molecule has 1 nitrogen and oxygen atoms in total. The van der Waals surface area contributed by atoms with Crippen molar-refractivity contribution in [2.24, 2.45) is 0 Å². The molecule has 62 valence electrons. The lowest BCUT2D eigenvalue weighted by atomic mass is 10.2. The normalized spacial score (nSPS) is 10.8. The fourth-order valence-electron chi connectivity index (χ4n) is 1.15. The van der Waals surface area contributed by atoms with E-state index >= 15 is 0 Å². The van der Waals surface area contributed by atoms with Gasteiger partial charge in [-0.05, 0) is 45.8 Å². The fraction of sp³-hybridized carbons (Fsp3) is 0.111. The maximum Gasteiger partial charge on any atom is 0.120 e. The van der Waals surface area contributed by atoms with Crippen LogP contribution < -0.4 is 0 Å². The average molecular weight is 243 g/mol. The molecule has 0 amide bonds. The zero-order valence-corrected chi connectivity index (χ0v) is 8.87. The Kier molecular flexibility index (Phi) is 1.85. The Labute approximate surface area is 82.8 Å². The molecule has 0 atom stereocenters. The number of aromatic hydroxyl groups is 1. The molecule has 1 aromatic heterocycles. The molecule has 0 spiro atoms. The third-order valence-corrected chi connectivity index (χ3v) is 4.10. The average Bonchev–Trinajstić information content (AvgIpc) is 2.48. The third kappa shape index (κ3) is 1.04. The molecular weight excluding hydrogens is 236 g/mol. The van der Waals surface area contributed by atoms with Crippen LogP contribution in [0.4, 0.5) is 0 Å². The summed E-state index contributed by atoms with van der Waals surface area (Å²) in [6.45, 7) is 1.90. The number of hydrogen-bond donors (Lipinski definition) is 1. The molecule has 0 aliphatic heterocycles. The molecule has 0 fully saturated rings. The molecule has 12 heavy (non-hydrogen) atoms. The molecule has 0 bridgehead atoms. The van der Waals surface area contributed by atoms with Gasteiger partial charge in [0.1, 0.15) is 5.75 Å². The zero-order chi connectivity index (χ0) is 8.72. The Morgan fingerprint density at radius 1 is 1.50 bits per heavy atom. The summed E-state index contributed by atoms with van der Waals surface area (Å²) in [4.78, 5) is 0. The molecule has 3 heteroatoms. The van der Waals surface area contributed by atoms with Crippen LogP contribution in [0.1, 0.15) is 5.56 Å². The monoisotopic (exact) mass is 242 g/mol. The number of rotatable bonds is 0. The summed E-state index contributed by atoms with van der Waals surface area (Å²) in [7, 11) is 0. The minimum atomic E-state index is 0.354. The predicted molar refractivity (Wildman–Crippen MR) is 55.9 cm³/mol. The van der Waals surface area contributed by atoms with Crippen molar-refractivity contribution in [2.75, 3.05) is 0 Å². The van der Waals surface area contributed by atoms with Gasteiger partial charge in [0.2, 0.25) is 0 Å². The first kappa shape index (κ1) is 8.08. The summed E-state index contributed by atoms with van der Waals surface area (Å²) >= 11 is 5.14. The van der Waals surface area contributed by atoms with E-state index < -0.39 is 0 Å². The number of phenolic OH excluding ortho intramolecular Hbond substituents is 1. The van der Waals surface area contributed by atoms with Crippen LogP contribution in [0.3, 0.4) is 0 Å². The van der Waals surface area contributed by atoms with E-state index in [0.29, 0.717) is 5.75 Å². The van der Waals surface area contributed by atoms with E-state index in [0.717, 1.165) is 15.4 Å². The molecule has 0 radical (unpaired) electrons. The number of phenols is 1. The summed E-state index contributed by atoms with van der Waals surface area (Å²) in [5, 5.41) is 12.6. The van der Waals surface area contributed by atoms with Gasteiger partial charge in [-0.1, -0.05) is 0 Å². The largest absolute Gasteiger partial charge is 0.508 e. The summed E-state index contributed by atoms with van der Waals surface area (Å²) in [5.41, 5.74) is 0.907. The minimum Gasteiger partial charge on any atom is -0.508 e. The first-order valence-corrected chi connectivity index (χ1v) is 5.22. The van der Waals surface area contributed by atoms with Gasteiger partial charge in [0.15, 0.2) is 0 Å². The van der Waals surface area contributed by atoms with Crippen LogP contribution in [0.25, 0.3) is 10.1 Å². The van der Waals surface area contributed by atoms with Gasteiger partial charge < -0.3 is 5.11 Å². The fourth-order valence-corrected chi connectivity index (χ4v) is 2.73. The molecule has 0 saturated carbocycles. The highest BCUT2D eigenvalue weighted by Crippen LogP contribution is 2.36. The van der Waals surface area contributed by atoms with Crippen molar-refractivity contribution in [2.45, 2.75) is 6.92 Å². The van der Waals surface area contributed by atoms with E-state index in [4.69, 9.17) is 0 Å². The van der Waals surface area contributed by atoms with Gasteiger partial charge in [-0.3, -0.25) is 0 Å². The van der Waals surface area contributed by atoms with E-state index in [1.165, 1.54) is 4.70 Å². The van der Waals surface area contributed by atoms with Crippen molar-refractivity contribution in [3.05, 3.63) is 27.5 Å². The molecule has 0 aliphatic rings. The quantitative estimate of drug-likeness (QED) is 0.748. The van der Waals surface area contributed by atoms with Crippen molar-refractivity contribution in [3.8, 4) is 5.75 Å². The molecule has 1 N–H and O–H groups in total. The Hall–Kier alpha value is -0.540. The lowest BCUT2D eigenvalue weighted by molar-refractivity contribution is 0.471. The second-order valence-electron chi connectivity index (χ2n) is 2.67. The highest BCUT2D eigenvalue weighted by Gasteiger charge is 2.07. The Balaban J connectivity index is 2.94. The van der Waals surface area contributed by atoms with Crippen LogP contribution in [0.2, 0.25) is 0 Å². The van der Waals surface area contributed by atoms with Crippen LogP contribution in [0, 0.1) is 6.92 Å². The van der Waals surface area contributed by atoms with E-state index in [9.17, 15) is 5.11 Å². The topological polar surface area (TPSA) is 20.2 Å². The Bertz CT molecular complexity index is 433. The molecule has 1 aromatic carbocycles. The number of thiophene rings is 1. The number of halogens is 1. The third-order valence-electron chi connectivity index (χ3n) is 1.90. The maximum absolute atomic E-state index is 9.49. The second kappa shape index (κ2) is 2.75. The first-order valence-electron chi connectivity index (χ1n) is 3.55. The number of hydrogen-bond acceptors (Lipinski definition) is 2. The summed E-state index contributed by atoms with van der Waals surface area (Å²) in [5.74, 6) is 0.354. The van der Waals surface area contributed by atoms with E-state index in [1.807, 2.05) is 18.4 Å². The zero-order valence-electron chi connectivity index (χ0n) is 6.47. The minimum absolute atomic E-state index is 0.354. The summed E-state index contributed by atoms with van der Waals surface area (Å²) in [6, 6.07) is 3.80. The van der Waals surface area contributed by atoms with Crippen LogP contribution in [-0.2, 0) is 0 Å². The SMILES string of the molecule is Cc1c(O)cc2ccsc2c1Br. The highest BCUT2D eigenvalue weighted by molar-refractivity contribution is 9.10. The Morgan fingerprint density at radius 3 is 3.00 bits per heavy atom. The van der Waals surface area contributed by atoms with Crippen molar-refractivity contribution in [1.82, 2.24) is 0 Å². The van der Waals surface area contributed by atoms with Crippen molar-refractivity contribution in [3.63, 3.8) is 0 Å². The standard InChI is InChI=1S/C9H7BrOS/c1-5-7(11)4-6-2-3-12-9(6)8(5)10/h2-4,11H,1H3. The van der Waals surface area contributed by atoms with Crippen molar-refractivity contribution in [1.29, 1.82) is 0 Å². The second-order valence-corrected chi connectivity index (χ2v) is 4.38. The van der Waals surface area contributed by atoms with Crippen LogP contribution in [-0.4, -0.2) is 5.11 Å². The molecule has 0 unspecified atom stereocenters.